The first kappa shape index (κ1) is 17.7. The van der Waals surface area contributed by atoms with Crippen molar-refractivity contribution >= 4 is 45.7 Å². The molecule has 0 bridgehead atoms. The maximum absolute atomic E-state index is 12.1. The van der Waals surface area contributed by atoms with E-state index in [4.69, 9.17) is 16.3 Å². The van der Waals surface area contributed by atoms with E-state index in [0.717, 1.165) is 16.2 Å². The van der Waals surface area contributed by atoms with Crippen LogP contribution >= 0.6 is 34.7 Å². The van der Waals surface area contributed by atoms with E-state index < -0.39 is 0 Å². The molecule has 1 N–H and O–H groups in total. The molecular weight excluding hydrogens is 378 g/mol. The van der Waals surface area contributed by atoms with Crippen LogP contribution < -0.4 is 10.1 Å². The number of benzene rings is 2. The minimum Gasteiger partial charge on any atom is -0.496 e. The predicted molar refractivity (Wildman–Crippen MR) is 103 cm³/mol. The number of nitrogens with zero attached hydrogens (tertiary/aromatic N) is 2. The van der Waals surface area contributed by atoms with Gasteiger partial charge in [0.1, 0.15) is 5.75 Å². The lowest BCUT2D eigenvalue weighted by Crippen LogP contribution is -2.13. The first-order chi connectivity index (χ1) is 12.2. The molecule has 0 fully saturated rings. The van der Waals surface area contributed by atoms with E-state index in [1.165, 1.54) is 23.1 Å². The van der Waals surface area contributed by atoms with Gasteiger partial charge in [0, 0.05) is 9.92 Å². The van der Waals surface area contributed by atoms with E-state index in [0.29, 0.717) is 15.2 Å². The Balaban J connectivity index is 1.61. The van der Waals surface area contributed by atoms with Crippen LogP contribution in [-0.4, -0.2) is 29.0 Å². The Kier molecular flexibility index (Phi) is 5.91. The average molecular weight is 392 g/mol. The van der Waals surface area contributed by atoms with Gasteiger partial charge < -0.3 is 4.74 Å². The number of amides is 1. The predicted octanol–water partition coefficient (Wildman–Crippen LogP) is 4.60. The lowest BCUT2D eigenvalue weighted by Gasteiger charge is -2.04. The van der Waals surface area contributed by atoms with Crippen LogP contribution in [0.2, 0.25) is 5.02 Å². The highest BCUT2D eigenvalue weighted by Crippen LogP contribution is 2.33. The maximum atomic E-state index is 12.1. The number of aromatic nitrogens is 2. The molecule has 8 heteroatoms. The standard InChI is InChI=1S/C17H14ClN3O2S2/c1-23-14-5-3-2-4-13(14)16-20-21-17(25-16)19-15(22)10-24-12-8-6-11(18)7-9-12/h2-9H,10H2,1H3,(H,19,21,22). The number of carbonyl (C=O) groups is 1. The van der Waals surface area contributed by atoms with Gasteiger partial charge in [-0.15, -0.1) is 22.0 Å². The second kappa shape index (κ2) is 8.33. The van der Waals surface area contributed by atoms with Gasteiger partial charge in [0.05, 0.1) is 18.4 Å². The Hall–Kier alpha value is -2.09. The summed E-state index contributed by atoms with van der Waals surface area (Å²) in [6, 6.07) is 14.9. The van der Waals surface area contributed by atoms with Crippen LogP contribution in [0.1, 0.15) is 0 Å². The highest BCUT2D eigenvalue weighted by molar-refractivity contribution is 8.00. The van der Waals surface area contributed by atoms with Gasteiger partial charge in [-0.2, -0.15) is 0 Å². The Bertz CT molecular complexity index is 868. The van der Waals surface area contributed by atoms with Gasteiger partial charge in [0.2, 0.25) is 11.0 Å². The molecule has 0 aliphatic heterocycles. The zero-order valence-electron chi connectivity index (χ0n) is 13.2. The number of rotatable bonds is 6. The summed E-state index contributed by atoms with van der Waals surface area (Å²) in [7, 11) is 1.61. The molecule has 5 nitrogen and oxygen atoms in total. The summed E-state index contributed by atoms with van der Waals surface area (Å²) in [6.45, 7) is 0. The summed E-state index contributed by atoms with van der Waals surface area (Å²) in [5.41, 5.74) is 0.846. The van der Waals surface area contributed by atoms with Gasteiger partial charge in [0.15, 0.2) is 5.01 Å². The Labute approximate surface area is 158 Å². The summed E-state index contributed by atoms with van der Waals surface area (Å²) in [5.74, 6) is 0.864. The minimum atomic E-state index is -0.136. The molecule has 2 aromatic carbocycles. The number of thioether (sulfide) groups is 1. The minimum absolute atomic E-state index is 0.136. The van der Waals surface area contributed by atoms with Crippen LogP contribution in [0.4, 0.5) is 5.13 Å². The summed E-state index contributed by atoms with van der Waals surface area (Å²) in [6.07, 6.45) is 0. The number of anilines is 1. The van der Waals surface area contributed by atoms with Gasteiger partial charge in [-0.3, -0.25) is 10.1 Å². The third-order valence-electron chi connectivity index (χ3n) is 3.19. The number of para-hydroxylation sites is 1. The van der Waals surface area contributed by atoms with Crippen molar-refractivity contribution in [3.05, 3.63) is 53.6 Å². The van der Waals surface area contributed by atoms with E-state index in [-0.39, 0.29) is 11.7 Å². The normalized spacial score (nSPS) is 10.5. The molecule has 0 aliphatic carbocycles. The Morgan fingerprint density at radius 2 is 1.96 bits per heavy atom. The van der Waals surface area contributed by atoms with E-state index >= 15 is 0 Å². The lowest BCUT2D eigenvalue weighted by atomic mass is 10.2. The highest BCUT2D eigenvalue weighted by Gasteiger charge is 2.13. The van der Waals surface area contributed by atoms with Crippen LogP contribution in [0.15, 0.2) is 53.4 Å². The van der Waals surface area contributed by atoms with Crippen LogP contribution in [0.5, 0.6) is 5.75 Å². The van der Waals surface area contributed by atoms with E-state index in [2.05, 4.69) is 15.5 Å². The van der Waals surface area contributed by atoms with Crippen molar-refractivity contribution in [1.82, 2.24) is 10.2 Å². The Morgan fingerprint density at radius 1 is 1.20 bits per heavy atom. The number of carbonyl (C=O) groups excluding carboxylic acids is 1. The van der Waals surface area contributed by atoms with Crippen molar-refractivity contribution in [2.24, 2.45) is 0 Å². The fourth-order valence-electron chi connectivity index (χ4n) is 2.04. The fraction of sp³-hybridized carbons (Fsp3) is 0.118. The number of halogens is 1. The van der Waals surface area contributed by atoms with Crippen molar-refractivity contribution in [2.45, 2.75) is 4.90 Å². The summed E-state index contributed by atoms with van der Waals surface area (Å²) >= 11 is 8.58. The van der Waals surface area contributed by atoms with Crippen molar-refractivity contribution < 1.29 is 9.53 Å². The molecular formula is C17H14ClN3O2S2. The SMILES string of the molecule is COc1ccccc1-c1nnc(NC(=O)CSc2ccc(Cl)cc2)s1. The van der Waals surface area contributed by atoms with Gasteiger partial charge in [-0.25, -0.2) is 0 Å². The van der Waals surface area contributed by atoms with Gasteiger partial charge >= 0.3 is 0 Å². The molecule has 0 unspecified atom stereocenters. The van der Waals surface area contributed by atoms with E-state index in [9.17, 15) is 4.79 Å². The molecule has 0 aliphatic rings. The monoisotopic (exact) mass is 391 g/mol. The van der Waals surface area contributed by atoms with Gasteiger partial charge in [-0.1, -0.05) is 35.1 Å². The number of hydrogen-bond donors (Lipinski definition) is 1. The van der Waals surface area contributed by atoms with Crippen molar-refractivity contribution in [1.29, 1.82) is 0 Å². The molecule has 25 heavy (non-hydrogen) atoms. The number of hydrogen-bond acceptors (Lipinski definition) is 6. The average Bonchev–Trinajstić information content (AvgIpc) is 3.09. The second-order valence-corrected chi connectivity index (χ2v) is 7.37. The highest BCUT2D eigenvalue weighted by atomic mass is 35.5. The topological polar surface area (TPSA) is 64.1 Å². The molecule has 3 rings (SSSR count). The molecule has 0 atom stereocenters. The number of nitrogens with one attached hydrogen (secondary N) is 1. The van der Waals surface area contributed by atoms with Crippen LogP contribution in [-0.2, 0) is 4.79 Å². The summed E-state index contributed by atoms with van der Waals surface area (Å²) in [4.78, 5) is 13.1. The molecule has 1 amide bonds. The summed E-state index contributed by atoms with van der Waals surface area (Å²) < 4.78 is 5.32. The van der Waals surface area contributed by atoms with Gasteiger partial charge in [0.25, 0.3) is 0 Å². The van der Waals surface area contributed by atoms with Crippen LogP contribution in [0, 0.1) is 0 Å². The number of methoxy groups -OCH3 is 1. The third kappa shape index (κ3) is 4.72. The van der Waals surface area contributed by atoms with Crippen molar-refractivity contribution in [3.8, 4) is 16.3 Å². The van der Waals surface area contributed by atoms with Gasteiger partial charge in [-0.05, 0) is 36.4 Å². The molecule has 1 aromatic heterocycles. The fourth-order valence-corrected chi connectivity index (χ4v) is 3.65. The molecule has 1 heterocycles. The zero-order chi connectivity index (χ0) is 17.6. The zero-order valence-corrected chi connectivity index (χ0v) is 15.6. The third-order valence-corrected chi connectivity index (χ3v) is 5.33. The molecule has 0 saturated carbocycles. The number of ether oxygens (including phenoxy) is 1. The van der Waals surface area contributed by atoms with Crippen LogP contribution in [0.25, 0.3) is 10.6 Å². The van der Waals surface area contributed by atoms with Crippen molar-refractivity contribution in [2.75, 3.05) is 18.2 Å². The largest absolute Gasteiger partial charge is 0.496 e. The first-order valence-corrected chi connectivity index (χ1v) is 9.49. The second-order valence-electron chi connectivity index (χ2n) is 4.90. The molecule has 128 valence electrons. The lowest BCUT2D eigenvalue weighted by molar-refractivity contribution is -0.113. The molecule has 0 radical (unpaired) electrons. The molecule has 0 spiro atoms. The Morgan fingerprint density at radius 3 is 2.72 bits per heavy atom. The smallest absolute Gasteiger partial charge is 0.236 e. The van der Waals surface area contributed by atoms with Crippen LogP contribution in [0.3, 0.4) is 0 Å². The van der Waals surface area contributed by atoms with E-state index in [1.807, 2.05) is 36.4 Å². The maximum Gasteiger partial charge on any atom is 0.236 e. The summed E-state index contributed by atoms with van der Waals surface area (Å²) in [5, 5.41) is 12.8. The van der Waals surface area contributed by atoms with E-state index in [1.54, 1.807) is 19.2 Å². The quantitative estimate of drug-likeness (QED) is 0.622. The molecule has 0 saturated heterocycles. The molecule has 3 aromatic rings. The van der Waals surface area contributed by atoms with Crippen molar-refractivity contribution in [3.63, 3.8) is 0 Å². The first-order valence-electron chi connectivity index (χ1n) is 7.31.